The molecule has 0 fully saturated rings. The van der Waals surface area contributed by atoms with Crippen LogP contribution in [0, 0.1) is 5.82 Å². The van der Waals surface area contributed by atoms with Crippen molar-refractivity contribution in [2.24, 2.45) is 5.73 Å². The SMILES string of the molecule is NC(=O)c1cnc2cncc(-c3cc(C(F)(F)F)ccc3F)c2n1. The number of nitrogens with zero attached hydrogens (tertiary/aromatic N) is 3. The molecule has 0 unspecified atom stereocenters. The molecule has 0 aliphatic carbocycles. The minimum absolute atomic E-state index is 0.0216. The predicted octanol–water partition coefficient (Wildman–Crippen LogP) is 2.95. The minimum atomic E-state index is -4.63. The number of aromatic nitrogens is 3. The first kappa shape index (κ1) is 15.8. The molecule has 0 aliphatic rings. The lowest BCUT2D eigenvalue weighted by atomic mass is 10.0. The molecule has 2 aromatic heterocycles. The standard InChI is InChI=1S/C15H8F4N4O/c16-10-2-1-7(15(17,18)19)3-8(10)9-4-21-5-11-13(9)23-12(6-22-11)14(20)24/h1-6H,(H2,20,24). The van der Waals surface area contributed by atoms with Crippen molar-refractivity contribution in [2.75, 3.05) is 0 Å². The van der Waals surface area contributed by atoms with Gasteiger partial charge in [-0.1, -0.05) is 0 Å². The number of rotatable bonds is 2. The van der Waals surface area contributed by atoms with E-state index in [9.17, 15) is 22.4 Å². The Balaban J connectivity index is 2.30. The van der Waals surface area contributed by atoms with E-state index in [2.05, 4.69) is 15.0 Å². The van der Waals surface area contributed by atoms with Gasteiger partial charge in [0.05, 0.1) is 18.0 Å². The van der Waals surface area contributed by atoms with Crippen LogP contribution in [-0.2, 0) is 6.18 Å². The summed E-state index contributed by atoms with van der Waals surface area (Å²) in [6.07, 6.45) is -1.08. The van der Waals surface area contributed by atoms with Crippen LogP contribution in [0.2, 0.25) is 0 Å². The first-order chi connectivity index (χ1) is 11.3. The highest BCUT2D eigenvalue weighted by Crippen LogP contribution is 2.35. The van der Waals surface area contributed by atoms with E-state index in [0.717, 1.165) is 12.4 Å². The third kappa shape index (κ3) is 2.75. The van der Waals surface area contributed by atoms with Crippen LogP contribution in [0.25, 0.3) is 22.2 Å². The third-order valence-electron chi connectivity index (χ3n) is 3.29. The molecule has 5 nitrogen and oxygen atoms in total. The Morgan fingerprint density at radius 2 is 1.83 bits per heavy atom. The van der Waals surface area contributed by atoms with E-state index in [4.69, 9.17) is 5.73 Å². The molecule has 0 atom stereocenters. The van der Waals surface area contributed by atoms with Gasteiger partial charge in [-0.2, -0.15) is 13.2 Å². The second-order valence-electron chi connectivity index (χ2n) is 4.87. The van der Waals surface area contributed by atoms with Gasteiger partial charge in [0.2, 0.25) is 0 Å². The summed E-state index contributed by atoms with van der Waals surface area (Å²) in [4.78, 5) is 22.9. The van der Waals surface area contributed by atoms with Gasteiger partial charge >= 0.3 is 6.18 Å². The van der Waals surface area contributed by atoms with Gasteiger partial charge in [0.1, 0.15) is 22.5 Å². The van der Waals surface area contributed by atoms with Gasteiger partial charge in [0.25, 0.3) is 5.91 Å². The van der Waals surface area contributed by atoms with Crippen molar-refractivity contribution in [3.05, 3.63) is 53.9 Å². The Labute approximate surface area is 132 Å². The Morgan fingerprint density at radius 3 is 2.50 bits per heavy atom. The second kappa shape index (κ2) is 5.52. The van der Waals surface area contributed by atoms with E-state index in [-0.39, 0.29) is 27.9 Å². The molecule has 0 saturated carbocycles. The number of fused-ring (bicyclic) bond motifs is 1. The highest BCUT2D eigenvalue weighted by atomic mass is 19.4. The highest BCUT2D eigenvalue weighted by molar-refractivity contribution is 5.96. The number of primary amides is 1. The molecular weight excluding hydrogens is 328 g/mol. The van der Waals surface area contributed by atoms with Gasteiger partial charge < -0.3 is 5.73 Å². The van der Waals surface area contributed by atoms with E-state index in [0.29, 0.717) is 18.2 Å². The van der Waals surface area contributed by atoms with E-state index in [1.165, 1.54) is 6.20 Å². The number of nitrogens with two attached hydrogens (primary N) is 1. The van der Waals surface area contributed by atoms with E-state index in [1.54, 1.807) is 0 Å². The molecule has 1 amide bonds. The van der Waals surface area contributed by atoms with Gasteiger partial charge in [-0.25, -0.2) is 9.37 Å². The minimum Gasteiger partial charge on any atom is -0.364 e. The highest BCUT2D eigenvalue weighted by Gasteiger charge is 2.31. The summed E-state index contributed by atoms with van der Waals surface area (Å²) < 4.78 is 52.7. The molecule has 9 heteroatoms. The molecule has 1 aromatic carbocycles. The number of benzene rings is 1. The maximum atomic E-state index is 14.1. The Hall–Kier alpha value is -3.10. The van der Waals surface area contributed by atoms with Crippen molar-refractivity contribution in [1.82, 2.24) is 15.0 Å². The first-order valence-corrected chi connectivity index (χ1v) is 6.55. The van der Waals surface area contributed by atoms with Crippen LogP contribution in [0.5, 0.6) is 0 Å². The fraction of sp³-hybridized carbons (Fsp3) is 0.0667. The predicted molar refractivity (Wildman–Crippen MR) is 76.2 cm³/mol. The maximum Gasteiger partial charge on any atom is 0.416 e. The third-order valence-corrected chi connectivity index (χ3v) is 3.29. The van der Waals surface area contributed by atoms with Crippen LogP contribution in [0.3, 0.4) is 0 Å². The molecule has 3 aromatic rings. The van der Waals surface area contributed by atoms with Crippen molar-refractivity contribution >= 4 is 16.9 Å². The molecule has 3 rings (SSSR count). The molecule has 2 heterocycles. The maximum absolute atomic E-state index is 14.1. The molecule has 24 heavy (non-hydrogen) atoms. The van der Waals surface area contributed by atoms with Crippen LogP contribution in [0.15, 0.2) is 36.8 Å². The molecule has 122 valence electrons. The van der Waals surface area contributed by atoms with Crippen molar-refractivity contribution in [2.45, 2.75) is 6.18 Å². The number of pyridine rings is 1. The van der Waals surface area contributed by atoms with Crippen molar-refractivity contribution in [3.63, 3.8) is 0 Å². The molecular formula is C15H8F4N4O. The average Bonchev–Trinajstić information content (AvgIpc) is 2.53. The summed E-state index contributed by atoms with van der Waals surface area (Å²) >= 11 is 0. The fourth-order valence-corrected chi connectivity index (χ4v) is 2.16. The monoisotopic (exact) mass is 336 g/mol. The van der Waals surface area contributed by atoms with E-state index in [1.807, 2.05) is 0 Å². The quantitative estimate of drug-likeness (QED) is 0.730. The summed E-state index contributed by atoms with van der Waals surface area (Å²) in [5.41, 5.74) is 3.76. The summed E-state index contributed by atoms with van der Waals surface area (Å²) in [7, 11) is 0. The summed E-state index contributed by atoms with van der Waals surface area (Å²) in [5, 5.41) is 0. The Kier molecular flexibility index (Phi) is 3.63. The van der Waals surface area contributed by atoms with Crippen LogP contribution >= 0.6 is 0 Å². The normalized spacial score (nSPS) is 11.7. The molecule has 0 spiro atoms. The lowest BCUT2D eigenvalue weighted by molar-refractivity contribution is -0.137. The topological polar surface area (TPSA) is 81.8 Å². The zero-order valence-electron chi connectivity index (χ0n) is 11.8. The molecule has 0 radical (unpaired) electrons. The number of hydrogen-bond acceptors (Lipinski definition) is 4. The molecule has 0 saturated heterocycles. The number of amides is 1. The second-order valence-corrected chi connectivity index (χ2v) is 4.87. The van der Waals surface area contributed by atoms with Crippen LogP contribution in [0.4, 0.5) is 17.6 Å². The van der Waals surface area contributed by atoms with Gasteiger partial charge in [-0.3, -0.25) is 14.8 Å². The zero-order chi connectivity index (χ0) is 17.5. The molecule has 0 aliphatic heterocycles. The zero-order valence-corrected chi connectivity index (χ0v) is 11.8. The summed E-state index contributed by atoms with van der Waals surface area (Å²) in [5.74, 6) is -1.75. The lowest BCUT2D eigenvalue weighted by Gasteiger charge is -2.11. The number of alkyl halides is 3. The van der Waals surface area contributed by atoms with Gasteiger partial charge in [-0.05, 0) is 18.2 Å². The fourth-order valence-electron chi connectivity index (χ4n) is 2.16. The van der Waals surface area contributed by atoms with Crippen LogP contribution < -0.4 is 5.73 Å². The smallest absolute Gasteiger partial charge is 0.364 e. The first-order valence-electron chi connectivity index (χ1n) is 6.55. The largest absolute Gasteiger partial charge is 0.416 e. The number of hydrogen-bond donors (Lipinski definition) is 1. The summed E-state index contributed by atoms with van der Waals surface area (Å²) in [6.45, 7) is 0. The number of carbonyl (C=O) groups is 1. The van der Waals surface area contributed by atoms with Crippen LogP contribution in [0.1, 0.15) is 16.1 Å². The van der Waals surface area contributed by atoms with Crippen LogP contribution in [-0.4, -0.2) is 20.9 Å². The van der Waals surface area contributed by atoms with Gasteiger partial charge in [0.15, 0.2) is 0 Å². The number of carbonyl (C=O) groups excluding carboxylic acids is 1. The van der Waals surface area contributed by atoms with E-state index >= 15 is 0 Å². The van der Waals surface area contributed by atoms with Gasteiger partial charge in [-0.15, -0.1) is 0 Å². The molecule has 0 bridgehead atoms. The Bertz CT molecular complexity index is 956. The molecule has 2 N–H and O–H groups in total. The van der Waals surface area contributed by atoms with E-state index < -0.39 is 23.5 Å². The van der Waals surface area contributed by atoms with Crippen molar-refractivity contribution in [1.29, 1.82) is 0 Å². The van der Waals surface area contributed by atoms with Crippen molar-refractivity contribution < 1.29 is 22.4 Å². The number of halogens is 4. The Morgan fingerprint density at radius 1 is 1.08 bits per heavy atom. The van der Waals surface area contributed by atoms with Crippen molar-refractivity contribution in [3.8, 4) is 11.1 Å². The summed E-state index contributed by atoms with van der Waals surface area (Å²) in [6, 6.07) is 2.00. The lowest BCUT2D eigenvalue weighted by Crippen LogP contribution is -2.13. The van der Waals surface area contributed by atoms with Gasteiger partial charge in [0, 0.05) is 17.3 Å². The average molecular weight is 336 g/mol.